The molecule has 0 aromatic carbocycles. The van der Waals surface area contributed by atoms with Crippen LogP contribution in [0.4, 0.5) is 0 Å². The minimum Gasteiger partial charge on any atom is -0.394 e. The predicted octanol–water partition coefficient (Wildman–Crippen LogP) is 1.56. The van der Waals surface area contributed by atoms with E-state index >= 15 is 0 Å². The number of hydrogen-bond acceptors (Lipinski definition) is 2. The average Bonchev–Trinajstić information content (AvgIpc) is 2.14. The van der Waals surface area contributed by atoms with E-state index in [1.165, 1.54) is 38.5 Å². The van der Waals surface area contributed by atoms with E-state index in [0.717, 1.165) is 17.8 Å². The van der Waals surface area contributed by atoms with Crippen LogP contribution in [0.2, 0.25) is 0 Å². The Morgan fingerprint density at radius 1 is 1.00 bits per heavy atom. The number of aliphatic hydroxyl groups excluding tert-OH is 2. The molecule has 0 amide bonds. The Morgan fingerprint density at radius 2 is 1.43 bits per heavy atom. The van der Waals surface area contributed by atoms with Crippen molar-refractivity contribution < 1.29 is 10.2 Å². The zero-order valence-electron chi connectivity index (χ0n) is 8.65. The van der Waals surface area contributed by atoms with Crippen LogP contribution in [0, 0.1) is 23.2 Å². The van der Waals surface area contributed by atoms with Crippen LogP contribution in [0.3, 0.4) is 0 Å². The van der Waals surface area contributed by atoms with Crippen molar-refractivity contribution in [2.75, 3.05) is 6.61 Å². The first kappa shape index (κ1) is 9.17. The molecule has 1 unspecified atom stereocenters. The first-order valence-corrected chi connectivity index (χ1v) is 6.01. The highest BCUT2D eigenvalue weighted by molar-refractivity contribution is 5.04. The van der Waals surface area contributed by atoms with Crippen molar-refractivity contribution in [3.63, 3.8) is 0 Å². The molecule has 0 heterocycles. The van der Waals surface area contributed by atoms with Crippen LogP contribution in [0.15, 0.2) is 0 Å². The van der Waals surface area contributed by atoms with Gasteiger partial charge >= 0.3 is 0 Å². The summed E-state index contributed by atoms with van der Waals surface area (Å²) in [6.07, 6.45) is 7.30. The van der Waals surface area contributed by atoms with Crippen molar-refractivity contribution >= 4 is 0 Å². The van der Waals surface area contributed by atoms with E-state index in [1.807, 2.05) is 0 Å². The maximum Gasteiger partial charge on any atom is 0.0827 e. The molecule has 4 aliphatic carbocycles. The fraction of sp³-hybridized carbons (Fsp3) is 1.00. The van der Waals surface area contributed by atoms with Crippen LogP contribution in [0.1, 0.15) is 38.5 Å². The first-order chi connectivity index (χ1) is 6.72. The van der Waals surface area contributed by atoms with E-state index in [0.29, 0.717) is 0 Å². The van der Waals surface area contributed by atoms with Crippen molar-refractivity contribution in [1.29, 1.82) is 0 Å². The molecule has 0 aromatic rings. The molecule has 1 atom stereocenters. The molecule has 4 fully saturated rings. The minimum absolute atomic E-state index is 0.0356. The van der Waals surface area contributed by atoms with Crippen LogP contribution in [-0.2, 0) is 0 Å². The molecule has 4 aliphatic rings. The first-order valence-electron chi connectivity index (χ1n) is 6.01. The molecule has 2 nitrogen and oxygen atoms in total. The van der Waals surface area contributed by atoms with Gasteiger partial charge in [0.05, 0.1) is 12.7 Å². The molecule has 14 heavy (non-hydrogen) atoms. The van der Waals surface area contributed by atoms with Crippen molar-refractivity contribution in [2.45, 2.75) is 44.6 Å². The van der Waals surface area contributed by atoms with Gasteiger partial charge in [0, 0.05) is 0 Å². The van der Waals surface area contributed by atoms with E-state index in [4.69, 9.17) is 5.11 Å². The molecule has 2 heteroatoms. The van der Waals surface area contributed by atoms with Gasteiger partial charge in [-0.3, -0.25) is 0 Å². The van der Waals surface area contributed by atoms with Gasteiger partial charge in [-0.15, -0.1) is 0 Å². The van der Waals surface area contributed by atoms with E-state index in [-0.39, 0.29) is 12.0 Å². The summed E-state index contributed by atoms with van der Waals surface area (Å²) in [5.41, 5.74) is 0.115. The summed E-state index contributed by atoms with van der Waals surface area (Å²) >= 11 is 0. The lowest BCUT2D eigenvalue weighted by Crippen LogP contribution is -2.52. The molecule has 80 valence electrons. The van der Waals surface area contributed by atoms with Gasteiger partial charge in [0.15, 0.2) is 0 Å². The molecule has 0 saturated heterocycles. The highest BCUT2D eigenvalue weighted by Gasteiger charge is 2.53. The van der Waals surface area contributed by atoms with Gasteiger partial charge in [-0.2, -0.15) is 0 Å². The van der Waals surface area contributed by atoms with Crippen LogP contribution >= 0.6 is 0 Å². The standard InChI is InChI=1S/C12H20O2/c13-7-11(14)12-4-8-1-9(5-12)3-10(2-8)6-12/h8-11,13-14H,1-7H2. The van der Waals surface area contributed by atoms with E-state index in [1.54, 1.807) is 0 Å². The smallest absolute Gasteiger partial charge is 0.0827 e. The summed E-state index contributed by atoms with van der Waals surface area (Å²) in [6, 6.07) is 0. The summed E-state index contributed by atoms with van der Waals surface area (Å²) in [5, 5.41) is 19.1. The second-order valence-electron chi connectivity index (χ2n) is 5.98. The van der Waals surface area contributed by atoms with Gasteiger partial charge in [0.2, 0.25) is 0 Å². The highest BCUT2D eigenvalue weighted by atomic mass is 16.3. The molecule has 4 bridgehead atoms. The maximum absolute atomic E-state index is 9.97. The molecule has 0 spiro atoms. The van der Waals surface area contributed by atoms with Crippen LogP contribution in [0.5, 0.6) is 0 Å². The third-order valence-corrected chi connectivity index (χ3v) is 4.97. The molecule has 4 rings (SSSR count). The van der Waals surface area contributed by atoms with Gasteiger partial charge < -0.3 is 10.2 Å². The van der Waals surface area contributed by atoms with Gasteiger partial charge in [-0.1, -0.05) is 0 Å². The summed E-state index contributed by atoms with van der Waals surface area (Å²) in [4.78, 5) is 0. The topological polar surface area (TPSA) is 40.5 Å². The van der Waals surface area contributed by atoms with Gasteiger partial charge in [0.1, 0.15) is 0 Å². The molecule has 0 aliphatic heterocycles. The Kier molecular flexibility index (Phi) is 1.94. The van der Waals surface area contributed by atoms with E-state index in [2.05, 4.69) is 0 Å². The maximum atomic E-state index is 9.97. The van der Waals surface area contributed by atoms with Crippen LogP contribution in [-0.4, -0.2) is 22.9 Å². The summed E-state index contributed by atoms with van der Waals surface area (Å²) < 4.78 is 0. The van der Waals surface area contributed by atoms with Crippen molar-refractivity contribution in [3.8, 4) is 0 Å². The zero-order chi connectivity index (χ0) is 9.76. The number of aliphatic hydroxyl groups is 2. The lowest BCUT2D eigenvalue weighted by molar-refractivity contribution is -0.132. The van der Waals surface area contributed by atoms with Crippen molar-refractivity contribution in [1.82, 2.24) is 0 Å². The lowest BCUT2D eigenvalue weighted by atomic mass is 9.48. The molecule has 2 N–H and O–H groups in total. The van der Waals surface area contributed by atoms with Gasteiger partial charge in [-0.25, -0.2) is 0 Å². The summed E-state index contributed by atoms with van der Waals surface area (Å²) in [5.74, 6) is 2.59. The molecular weight excluding hydrogens is 176 g/mol. The van der Waals surface area contributed by atoms with Crippen LogP contribution < -0.4 is 0 Å². The largest absolute Gasteiger partial charge is 0.394 e. The Hall–Kier alpha value is -0.0800. The monoisotopic (exact) mass is 196 g/mol. The lowest BCUT2D eigenvalue weighted by Gasteiger charge is -2.58. The third-order valence-electron chi connectivity index (χ3n) is 4.97. The highest BCUT2D eigenvalue weighted by Crippen LogP contribution is 2.61. The quantitative estimate of drug-likeness (QED) is 0.703. The van der Waals surface area contributed by atoms with Crippen molar-refractivity contribution in [3.05, 3.63) is 0 Å². The Morgan fingerprint density at radius 3 is 1.79 bits per heavy atom. The third kappa shape index (κ3) is 1.17. The Bertz CT molecular complexity index is 201. The molecular formula is C12H20O2. The minimum atomic E-state index is -0.448. The second kappa shape index (κ2) is 2.96. The number of rotatable bonds is 2. The molecule has 0 radical (unpaired) electrons. The Labute approximate surface area is 85.3 Å². The second-order valence-corrected chi connectivity index (χ2v) is 5.98. The fourth-order valence-electron chi connectivity index (χ4n) is 4.78. The zero-order valence-corrected chi connectivity index (χ0v) is 8.65. The molecule has 0 aromatic heterocycles. The van der Waals surface area contributed by atoms with E-state index in [9.17, 15) is 5.11 Å². The number of hydrogen-bond donors (Lipinski definition) is 2. The fourth-order valence-corrected chi connectivity index (χ4v) is 4.78. The predicted molar refractivity (Wildman–Crippen MR) is 53.7 cm³/mol. The molecule has 4 saturated carbocycles. The SMILES string of the molecule is OCC(O)C12CC3CC(CC(C3)C1)C2. The van der Waals surface area contributed by atoms with E-state index < -0.39 is 6.10 Å². The normalized spacial score (nSPS) is 52.3. The van der Waals surface area contributed by atoms with Gasteiger partial charge in [0.25, 0.3) is 0 Å². The Balaban J connectivity index is 1.87. The van der Waals surface area contributed by atoms with Gasteiger partial charge in [-0.05, 0) is 61.7 Å². The average molecular weight is 196 g/mol. The summed E-state index contributed by atoms with van der Waals surface area (Å²) in [6.45, 7) is -0.0356. The van der Waals surface area contributed by atoms with Crippen LogP contribution in [0.25, 0.3) is 0 Å². The summed E-state index contributed by atoms with van der Waals surface area (Å²) in [7, 11) is 0. The van der Waals surface area contributed by atoms with Crippen molar-refractivity contribution in [2.24, 2.45) is 23.2 Å².